The highest BCUT2D eigenvalue weighted by atomic mass is 32.2. The molecule has 0 amide bonds. The SMILES string of the molecule is FC(F)(F)c1c2ccccc2c(-c2ccc3c(c2)SC2C=CC=C(c4c5ccccc5c(-c5ccccc5)c5ccccc45)C32)c2ccccc12. The maximum absolute atomic E-state index is 14.6. The van der Waals surface area contributed by atoms with Gasteiger partial charge in [-0.05, 0) is 88.1 Å². The molecule has 0 saturated heterocycles. The number of hydrogen-bond donors (Lipinski definition) is 0. The summed E-state index contributed by atoms with van der Waals surface area (Å²) in [4.78, 5) is 1.17. The van der Waals surface area contributed by atoms with Gasteiger partial charge >= 0.3 is 6.18 Å². The minimum absolute atomic E-state index is 0.125. The molecule has 51 heavy (non-hydrogen) atoms. The van der Waals surface area contributed by atoms with Crippen LogP contribution in [0, 0.1) is 0 Å². The highest BCUT2D eigenvalue weighted by Gasteiger charge is 2.39. The lowest BCUT2D eigenvalue weighted by Crippen LogP contribution is -2.13. The first-order valence-corrected chi connectivity index (χ1v) is 18.0. The molecule has 2 unspecified atom stereocenters. The average Bonchev–Trinajstić information content (AvgIpc) is 3.54. The Morgan fingerprint density at radius 1 is 0.471 bits per heavy atom. The van der Waals surface area contributed by atoms with E-state index in [9.17, 15) is 13.2 Å². The molecule has 10 rings (SSSR count). The topological polar surface area (TPSA) is 0 Å². The number of halogens is 3. The molecule has 0 N–H and O–H groups in total. The van der Waals surface area contributed by atoms with Crippen molar-refractivity contribution >= 4 is 60.4 Å². The molecular formula is C47H29F3S. The van der Waals surface area contributed by atoms with Crippen LogP contribution in [0.15, 0.2) is 169 Å². The summed E-state index contributed by atoms with van der Waals surface area (Å²) in [5.41, 5.74) is 7.45. The predicted molar refractivity (Wildman–Crippen MR) is 208 cm³/mol. The molecule has 0 aromatic heterocycles. The van der Waals surface area contributed by atoms with Crippen molar-refractivity contribution in [1.29, 1.82) is 0 Å². The molecule has 0 radical (unpaired) electrons. The Morgan fingerprint density at radius 3 is 1.49 bits per heavy atom. The lowest BCUT2D eigenvalue weighted by molar-refractivity contribution is -0.135. The van der Waals surface area contributed by atoms with Gasteiger partial charge in [0.05, 0.1) is 5.56 Å². The first kappa shape index (κ1) is 30.3. The van der Waals surface area contributed by atoms with E-state index in [0.717, 1.165) is 11.1 Å². The first-order chi connectivity index (χ1) is 25.0. The molecule has 0 nitrogen and oxygen atoms in total. The number of alkyl halides is 3. The largest absolute Gasteiger partial charge is 0.417 e. The van der Waals surface area contributed by atoms with Crippen molar-refractivity contribution in [3.8, 4) is 22.3 Å². The summed E-state index contributed by atoms with van der Waals surface area (Å²) in [6.07, 6.45) is 2.30. The second-order valence-corrected chi connectivity index (χ2v) is 14.6. The number of thioether (sulfide) groups is 1. The van der Waals surface area contributed by atoms with Gasteiger partial charge in [-0.1, -0.05) is 158 Å². The highest BCUT2D eigenvalue weighted by molar-refractivity contribution is 8.00. The van der Waals surface area contributed by atoms with E-state index in [1.807, 2.05) is 36.0 Å². The van der Waals surface area contributed by atoms with Crippen LogP contribution >= 0.6 is 11.8 Å². The van der Waals surface area contributed by atoms with Gasteiger partial charge in [0.1, 0.15) is 0 Å². The lowest BCUT2D eigenvalue weighted by atomic mass is 9.77. The summed E-state index contributed by atoms with van der Waals surface area (Å²) in [5.74, 6) is 0.125. The smallest absolute Gasteiger partial charge is 0.166 e. The normalized spacial score (nSPS) is 16.9. The van der Waals surface area contributed by atoms with Gasteiger partial charge in [0.25, 0.3) is 0 Å². The minimum atomic E-state index is -4.48. The van der Waals surface area contributed by atoms with Gasteiger partial charge in [-0.2, -0.15) is 13.2 Å². The molecule has 0 saturated carbocycles. The molecule has 4 heteroatoms. The van der Waals surface area contributed by atoms with Crippen LogP contribution in [-0.4, -0.2) is 5.25 Å². The van der Waals surface area contributed by atoms with Crippen LogP contribution in [0.25, 0.3) is 70.9 Å². The number of hydrogen-bond acceptors (Lipinski definition) is 1. The van der Waals surface area contributed by atoms with Crippen LogP contribution < -0.4 is 0 Å². The van der Waals surface area contributed by atoms with Gasteiger partial charge in [0.15, 0.2) is 0 Å². The Hall–Kier alpha value is -5.58. The zero-order chi connectivity index (χ0) is 34.3. The van der Waals surface area contributed by atoms with Crippen LogP contribution in [0.2, 0.25) is 0 Å². The maximum Gasteiger partial charge on any atom is 0.417 e. The van der Waals surface area contributed by atoms with Gasteiger partial charge < -0.3 is 0 Å². The van der Waals surface area contributed by atoms with Crippen molar-refractivity contribution in [3.63, 3.8) is 0 Å². The average molecular weight is 683 g/mol. The summed E-state index contributed by atoms with van der Waals surface area (Å²) in [6.45, 7) is 0. The Balaban J connectivity index is 1.17. The molecule has 2 atom stereocenters. The lowest BCUT2D eigenvalue weighted by Gasteiger charge is -2.27. The maximum atomic E-state index is 14.6. The monoisotopic (exact) mass is 682 g/mol. The quantitative estimate of drug-likeness (QED) is 0.167. The number of benzene rings is 8. The summed E-state index contributed by atoms with van der Waals surface area (Å²) >= 11 is 1.85. The van der Waals surface area contributed by atoms with Gasteiger partial charge in [-0.3, -0.25) is 0 Å². The standard InChI is InChI=1S/C47H29F3S/c48-47(49,50)46-36-21-10-8-19-34(36)43(35-20-9-11-22-37(35)46)29-25-26-38-41(27-29)51-40-24-12-23-39(45(38)40)44-32-17-6-4-15-30(32)42(28-13-2-1-3-14-28)31-16-5-7-18-33(31)44/h1-27,40,45H. The molecule has 1 aliphatic carbocycles. The summed E-state index contributed by atoms with van der Waals surface area (Å²) < 4.78 is 43.8. The van der Waals surface area contributed by atoms with Gasteiger partial charge in [-0.25, -0.2) is 0 Å². The number of allylic oxidation sites excluding steroid dienone is 3. The Bertz CT molecular complexity index is 2660. The van der Waals surface area contributed by atoms with Crippen molar-refractivity contribution in [2.75, 3.05) is 0 Å². The first-order valence-electron chi connectivity index (χ1n) is 17.2. The fraction of sp³-hybridized carbons (Fsp3) is 0.0638. The Morgan fingerprint density at radius 2 is 0.941 bits per heavy atom. The third-order valence-electron chi connectivity index (χ3n) is 10.6. The van der Waals surface area contributed by atoms with Gasteiger partial charge in [0, 0.05) is 16.1 Å². The molecular weight excluding hydrogens is 654 g/mol. The van der Waals surface area contributed by atoms with Crippen molar-refractivity contribution in [3.05, 3.63) is 181 Å². The van der Waals surface area contributed by atoms with Crippen molar-refractivity contribution < 1.29 is 13.2 Å². The Kier molecular flexibility index (Phi) is 6.81. The predicted octanol–water partition coefficient (Wildman–Crippen LogP) is 13.9. The molecule has 0 bridgehead atoms. The van der Waals surface area contributed by atoms with Crippen LogP contribution in [0.1, 0.15) is 22.6 Å². The summed E-state index contributed by atoms with van der Waals surface area (Å²) in [5, 5.41) is 6.79. The molecule has 1 aliphatic heterocycles. The summed E-state index contributed by atoms with van der Waals surface area (Å²) in [6, 6.07) is 48.6. The zero-order valence-corrected chi connectivity index (χ0v) is 28.1. The van der Waals surface area contributed by atoms with Gasteiger partial charge in [0.2, 0.25) is 0 Å². The van der Waals surface area contributed by atoms with E-state index in [0.29, 0.717) is 10.8 Å². The molecule has 8 aromatic rings. The van der Waals surface area contributed by atoms with E-state index in [-0.39, 0.29) is 21.9 Å². The van der Waals surface area contributed by atoms with Gasteiger partial charge in [-0.15, -0.1) is 11.8 Å². The fourth-order valence-electron chi connectivity index (χ4n) is 8.65. The van der Waals surface area contributed by atoms with E-state index in [1.54, 1.807) is 24.3 Å². The van der Waals surface area contributed by atoms with Crippen molar-refractivity contribution in [2.24, 2.45) is 0 Å². The molecule has 244 valence electrons. The fourth-order valence-corrected chi connectivity index (χ4v) is 10.1. The van der Waals surface area contributed by atoms with Crippen molar-refractivity contribution in [1.82, 2.24) is 0 Å². The molecule has 1 heterocycles. The second-order valence-electron chi connectivity index (χ2n) is 13.4. The highest BCUT2D eigenvalue weighted by Crippen LogP contribution is 2.57. The van der Waals surface area contributed by atoms with E-state index in [1.165, 1.54) is 54.3 Å². The van der Waals surface area contributed by atoms with E-state index in [2.05, 4.69) is 115 Å². The van der Waals surface area contributed by atoms with Crippen LogP contribution in [0.5, 0.6) is 0 Å². The molecule has 8 aromatic carbocycles. The second kappa shape index (κ2) is 11.5. The van der Waals surface area contributed by atoms with Crippen LogP contribution in [-0.2, 0) is 6.18 Å². The van der Waals surface area contributed by atoms with E-state index >= 15 is 0 Å². The third kappa shape index (κ3) is 4.63. The molecule has 0 spiro atoms. The number of rotatable bonds is 3. The Labute approximate surface area is 297 Å². The van der Waals surface area contributed by atoms with E-state index < -0.39 is 11.7 Å². The minimum Gasteiger partial charge on any atom is -0.166 e. The summed E-state index contributed by atoms with van der Waals surface area (Å²) in [7, 11) is 0. The third-order valence-corrected chi connectivity index (χ3v) is 11.9. The van der Waals surface area contributed by atoms with Crippen LogP contribution in [0.3, 0.4) is 0 Å². The van der Waals surface area contributed by atoms with Crippen molar-refractivity contribution in [2.45, 2.75) is 22.2 Å². The molecule has 0 fully saturated rings. The van der Waals surface area contributed by atoms with Crippen LogP contribution in [0.4, 0.5) is 13.2 Å². The molecule has 2 aliphatic rings. The zero-order valence-electron chi connectivity index (χ0n) is 27.3. The number of fused-ring (bicyclic) bond motifs is 7. The van der Waals surface area contributed by atoms with E-state index in [4.69, 9.17) is 0 Å².